The Kier molecular flexibility index (Phi) is 5.31. The van der Waals surface area contributed by atoms with Gasteiger partial charge in [-0.25, -0.2) is 12.7 Å². The summed E-state index contributed by atoms with van der Waals surface area (Å²) in [7, 11) is -2.07. The average molecular weight is 266 g/mol. The Morgan fingerprint density at radius 2 is 2.29 bits per heavy atom. The maximum absolute atomic E-state index is 11.7. The zero-order valence-corrected chi connectivity index (χ0v) is 10.6. The van der Waals surface area contributed by atoms with E-state index in [4.69, 9.17) is 9.84 Å². The second-order valence-corrected chi connectivity index (χ2v) is 6.13. The molecule has 0 amide bonds. The quantitative estimate of drug-likeness (QED) is 0.621. The summed E-state index contributed by atoms with van der Waals surface area (Å²) >= 11 is 0. The number of hydrogen-bond donors (Lipinski definition) is 2. The Morgan fingerprint density at radius 1 is 1.59 bits per heavy atom. The first-order chi connectivity index (χ1) is 7.92. The highest BCUT2D eigenvalue weighted by Crippen LogP contribution is 2.05. The number of nitrogens with one attached hydrogen (secondary N) is 1. The molecule has 7 nitrogen and oxygen atoms in total. The fourth-order valence-corrected chi connectivity index (χ4v) is 2.65. The van der Waals surface area contributed by atoms with Gasteiger partial charge in [0.25, 0.3) is 0 Å². The lowest BCUT2D eigenvalue weighted by Crippen LogP contribution is -2.46. The van der Waals surface area contributed by atoms with Gasteiger partial charge in [0.15, 0.2) is 0 Å². The van der Waals surface area contributed by atoms with Gasteiger partial charge in [0.05, 0.1) is 24.9 Å². The van der Waals surface area contributed by atoms with E-state index in [-0.39, 0.29) is 24.8 Å². The summed E-state index contributed by atoms with van der Waals surface area (Å²) < 4.78 is 29.9. The molecule has 0 aliphatic carbocycles. The summed E-state index contributed by atoms with van der Waals surface area (Å²) in [6.07, 6.45) is -0.551. The lowest BCUT2D eigenvalue weighted by Gasteiger charge is -2.27. The van der Waals surface area contributed by atoms with Gasteiger partial charge < -0.3 is 15.2 Å². The van der Waals surface area contributed by atoms with Crippen LogP contribution in [0.2, 0.25) is 0 Å². The largest absolute Gasteiger partial charge is 0.481 e. The van der Waals surface area contributed by atoms with Crippen molar-refractivity contribution in [2.45, 2.75) is 12.5 Å². The first-order valence-electron chi connectivity index (χ1n) is 5.40. The van der Waals surface area contributed by atoms with Gasteiger partial charge in [-0.3, -0.25) is 4.79 Å². The maximum Gasteiger partial charge on any atom is 0.304 e. The Balaban J connectivity index is 2.44. The molecule has 0 aromatic rings. The molecule has 0 saturated carbocycles. The van der Waals surface area contributed by atoms with E-state index in [9.17, 15) is 13.2 Å². The van der Waals surface area contributed by atoms with Crippen LogP contribution < -0.4 is 5.32 Å². The molecule has 1 heterocycles. The molecule has 0 bridgehead atoms. The van der Waals surface area contributed by atoms with Crippen LogP contribution in [0.1, 0.15) is 6.42 Å². The normalized spacial score (nSPS) is 21.6. The van der Waals surface area contributed by atoms with Crippen molar-refractivity contribution in [2.24, 2.45) is 0 Å². The monoisotopic (exact) mass is 266 g/mol. The van der Waals surface area contributed by atoms with Gasteiger partial charge in [-0.2, -0.15) is 0 Å². The summed E-state index contributed by atoms with van der Waals surface area (Å²) in [6, 6.07) is 0. The molecule has 1 unspecified atom stereocenters. The van der Waals surface area contributed by atoms with Crippen LogP contribution in [0.4, 0.5) is 0 Å². The molecule has 17 heavy (non-hydrogen) atoms. The van der Waals surface area contributed by atoms with Crippen LogP contribution in [0.25, 0.3) is 0 Å². The van der Waals surface area contributed by atoms with E-state index in [0.29, 0.717) is 13.2 Å². The predicted molar refractivity (Wildman–Crippen MR) is 61.3 cm³/mol. The predicted octanol–water partition coefficient (Wildman–Crippen LogP) is -1.29. The van der Waals surface area contributed by atoms with Crippen molar-refractivity contribution in [2.75, 3.05) is 39.0 Å². The SMILES string of the molecule is CN(CC1CNCCO1)S(=O)(=O)CCC(=O)O. The third-order valence-electron chi connectivity index (χ3n) is 2.51. The molecule has 1 fully saturated rings. The third kappa shape index (κ3) is 4.99. The van der Waals surface area contributed by atoms with E-state index in [1.54, 1.807) is 0 Å². The first-order valence-corrected chi connectivity index (χ1v) is 7.01. The van der Waals surface area contributed by atoms with Gasteiger partial charge in [-0.1, -0.05) is 0 Å². The Bertz CT molecular complexity index is 350. The molecule has 1 aliphatic heterocycles. The molecule has 100 valence electrons. The van der Waals surface area contributed by atoms with Crippen LogP contribution in [0, 0.1) is 0 Å². The van der Waals surface area contributed by atoms with Crippen LogP contribution in [0.3, 0.4) is 0 Å². The van der Waals surface area contributed by atoms with Crippen LogP contribution in [0.5, 0.6) is 0 Å². The smallest absolute Gasteiger partial charge is 0.304 e. The number of likely N-dealkylation sites (N-methyl/N-ethyl adjacent to an activating group) is 1. The molecule has 0 spiro atoms. The topological polar surface area (TPSA) is 95.9 Å². The van der Waals surface area contributed by atoms with Crippen LogP contribution in [0.15, 0.2) is 0 Å². The van der Waals surface area contributed by atoms with Gasteiger partial charge >= 0.3 is 5.97 Å². The lowest BCUT2D eigenvalue weighted by atomic mass is 10.3. The number of aliphatic carboxylic acids is 1. The van der Waals surface area contributed by atoms with Crippen LogP contribution in [-0.4, -0.2) is 68.9 Å². The maximum atomic E-state index is 11.7. The molecular weight excluding hydrogens is 248 g/mol. The second kappa shape index (κ2) is 6.29. The summed E-state index contributed by atoms with van der Waals surface area (Å²) in [5.41, 5.74) is 0. The number of carboxylic acid groups (broad SMARTS) is 1. The molecule has 8 heteroatoms. The first kappa shape index (κ1) is 14.4. The van der Waals surface area contributed by atoms with Crippen LogP contribution in [-0.2, 0) is 19.6 Å². The summed E-state index contributed by atoms with van der Waals surface area (Å²) in [4.78, 5) is 10.3. The fourth-order valence-electron chi connectivity index (χ4n) is 1.51. The minimum absolute atomic E-state index is 0.173. The van der Waals surface area contributed by atoms with E-state index < -0.39 is 16.0 Å². The fraction of sp³-hybridized carbons (Fsp3) is 0.889. The molecule has 0 aromatic heterocycles. The zero-order valence-electron chi connectivity index (χ0n) is 9.76. The minimum Gasteiger partial charge on any atom is -0.481 e. The third-order valence-corrected chi connectivity index (χ3v) is 4.33. The van der Waals surface area contributed by atoms with E-state index >= 15 is 0 Å². The highest BCUT2D eigenvalue weighted by atomic mass is 32.2. The van der Waals surface area contributed by atoms with E-state index in [2.05, 4.69) is 5.32 Å². The lowest BCUT2D eigenvalue weighted by molar-refractivity contribution is -0.136. The number of carboxylic acids is 1. The standard InChI is InChI=1S/C9H18N2O5S/c1-11(7-8-6-10-3-4-16-8)17(14,15)5-2-9(12)13/h8,10H,2-7H2,1H3,(H,12,13). The van der Waals surface area contributed by atoms with Gasteiger partial charge in [0.1, 0.15) is 0 Å². The Hall–Kier alpha value is -0.700. The van der Waals surface area contributed by atoms with E-state index in [1.165, 1.54) is 7.05 Å². The number of sulfonamides is 1. The average Bonchev–Trinajstić information content (AvgIpc) is 2.28. The van der Waals surface area contributed by atoms with Crippen molar-refractivity contribution in [3.63, 3.8) is 0 Å². The Morgan fingerprint density at radius 3 is 2.82 bits per heavy atom. The molecule has 2 N–H and O–H groups in total. The zero-order chi connectivity index (χ0) is 12.9. The van der Waals surface area contributed by atoms with Crippen molar-refractivity contribution in [1.82, 2.24) is 9.62 Å². The highest BCUT2D eigenvalue weighted by molar-refractivity contribution is 7.89. The number of carbonyl (C=O) groups is 1. The number of nitrogens with zero attached hydrogens (tertiary/aromatic N) is 1. The highest BCUT2D eigenvalue weighted by Gasteiger charge is 2.23. The summed E-state index contributed by atoms with van der Waals surface area (Å²) in [5.74, 6) is -1.49. The van der Waals surface area contributed by atoms with E-state index in [1.807, 2.05) is 0 Å². The van der Waals surface area contributed by atoms with Gasteiger partial charge in [0.2, 0.25) is 10.0 Å². The van der Waals surface area contributed by atoms with Crippen molar-refractivity contribution in [1.29, 1.82) is 0 Å². The van der Waals surface area contributed by atoms with Crippen molar-refractivity contribution in [3.8, 4) is 0 Å². The molecule has 1 saturated heterocycles. The molecule has 0 aromatic carbocycles. The van der Waals surface area contributed by atoms with E-state index in [0.717, 1.165) is 10.8 Å². The van der Waals surface area contributed by atoms with Gasteiger partial charge in [-0.05, 0) is 0 Å². The summed E-state index contributed by atoms with van der Waals surface area (Å²) in [5, 5.41) is 11.6. The number of morpholine rings is 1. The second-order valence-electron chi connectivity index (χ2n) is 3.94. The van der Waals surface area contributed by atoms with Crippen molar-refractivity contribution in [3.05, 3.63) is 0 Å². The molecule has 1 rings (SSSR count). The van der Waals surface area contributed by atoms with Gasteiger partial charge in [-0.15, -0.1) is 0 Å². The summed E-state index contributed by atoms with van der Waals surface area (Å²) in [6.45, 7) is 2.19. The molecule has 1 aliphatic rings. The molecular formula is C9H18N2O5S. The minimum atomic E-state index is -3.51. The number of ether oxygens (including phenoxy) is 1. The van der Waals surface area contributed by atoms with Gasteiger partial charge in [0, 0.05) is 26.7 Å². The molecule has 0 radical (unpaired) electrons. The van der Waals surface area contributed by atoms with Crippen LogP contribution >= 0.6 is 0 Å². The molecule has 1 atom stereocenters. The number of rotatable bonds is 6. The number of hydrogen-bond acceptors (Lipinski definition) is 5. The van der Waals surface area contributed by atoms with Crippen molar-refractivity contribution < 1.29 is 23.1 Å². The van der Waals surface area contributed by atoms with Crippen molar-refractivity contribution >= 4 is 16.0 Å². The Labute approximate surface area is 101 Å².